The first kappa shape index (κ1) is 20.4. The van der Waals surface area contributed by atoms with Crippen LogP contribution in [0, 0.1) is 11.6 Å². The zero-order chi connectivity index (χ0) is 20.1. The van der Waals surface area contributed by atoms with Crippen LogP contribution >= 0.6 is 0 Å². The summed E-state index contributed by atoms with van der Waals surface area (Å²) >= 11 is 0. The van der Waals surface area contributed by atoms with Gasteiger partial charge in [-0.15, -0.1) is 0 Å². The number of carbonyl (C=O) groups excluding carboxylic acids is 1. The Kier molecular flexibility index (Phi) is 6.75. The van der Waals surface area contributed by atoms with Crippen LogP contribution in [0.2, 0.25) is 0 Å². The summed E-state index contributed by atoms with van der Waals surface area (Å²) in [6, 6.07) is 13.4. The molecule has 0 aliphatic carbocycles. The summed E-state index contributed by atoms with van der Waals surface area (Å²) in [5.74, 6) is -1.76. The molecular weight excluding hydrogens is 362 g/mol. The van der Waals surface area contributed by atoms with E-state index in [-0.39, 0.29) is 18.5 Å². The number of nitrogens with zero attached hydrogens (tertiary/aromatic N) is 2. The Labute approximate surface area is 164 Å². The predicted molar refractivity (Wildman–Crippen MR) is 103 cm³/mol. The Morgan fingerprint density at radius 2 is 1.89 bits per heavy atom. The lowest BCUT2D eigenvalue weighted by atomic mass is 10.1. The number of hydrogen-bond donors (Lipinski definition) is 1. The average molecular weight is 388 g/mol. The van der Waals surface area contributed by atoms with Gasteiger partial charge in [0.05, 0.1) is 6.10 Å². The van der Waals surface area contributed by atoms with E-state index in [1.807, 2.05) is 37.4 Å². The Hall–Kier alpha value is -2.31. The summed E-state index contributed by atoms with van der Waals surface area (Å²) < 4.78 is 26.5. The lowest BCUT2D eigenvalue weighted by Gasteiger charge is -2.29. The van der Waals surface area contributed by atoms with Crippen molar-refractivity contribution in [3.8, 4) is 0 Å². The largest absolute Gasteiger partial charge is 0.387 e. The number of aliphatic hydroxyl groups excluding tert-OH is 1. The van der Waals surface area contributed by atoms with E-state index < -0.39 is 17.7 Å². The van der Waals surface area contributed by atoms with Gasteiger partial charge in [-0.25, -0.2) is 8.78 Å². The third-order valence-corrected chi connectivity index (χ3v) is 5.40. The number of rotatable bonds is 6. The quantitative estimate of drug-likeness (QED) is 0.824. The number of aliphatic hydroxyl groups is 1. The Balaban J connectivity index is 1.58. The minimum absolute atomic E-state index is 0.0178. The Morgan fingerprint density at radius 3 is 2.61 bits per heavy atom. The van der Waals surface area contributed by atoms with Gasteiger partial charge in [-0.2, -0.15) is 0 Å². The molecule has 150 valence electrons. The molecular formula is C22H26F2N2O2. The molecule has 1 N–H and O–H groups in total. The average Bonchev–Trinajstić information content (AvgIpc) is 2.87. The molecule has 28 heavy (non-hydrogen) atoms. The molecule has 2 aromatic carbocycles. The number of amides is 1. The van der Waals surface area contributed by atoms with Crippen molar-refractivity contribution in [3.63, 3.8) is 0 Å². The second-order valence-electron chi connectivity index (χ2n) is 7.41. The molecule has 1 heterocycles. The van der Waals surface area contributed by atoms with Gasteiger partial charge in [-0.1, -0.05) is 36.4 Å². The van der Waals surface area contributed by atoms with Crippen molar-refractivity contribution in [2.24, 2.45) is 0 Å². The number of halogens is 2. The smallest absolute Gasteiger partial charge is 0.222 e. The van der Waals surface area contributed by atoms with E-state index in [1.165, 1.54) is 6.07 Å². The second kappa shape index (κ2) is 9.26. The fourth-order valence-corrected chi connectivity index (χ4v) is 3.69. The molecule has 0 saturated carbocycles. The predicted octanol–water partition coefficient (Wildman–Crippen LogP) is 3.51. The zero-order valence-electron chi connectivity index (χ0n) is 16.0. The van der Waals surface area contributed by atoms with Crippen LogP contribution in [0.4, 0.5) is 8.78 Å². The molecule has 1 amide bonds. The molecule has 2 unspecified atom stereocenters. The number of benzene rings is 2. The maximum Gasteiger partial charge on any atom is 0.222 e. The van der Waals surface area contributed by atoms with Crippen molar-refractivity contribution in [2.75, 3.05) is 20.1 Å². The maximum absolute atomic E-state index is 13.4. The van der Waals surface area contributed by atoms with Crippen molar-refractivity contribution in [3.05, 3.63) is 71.3 Å². The molecule has 0 radical (unpaired) electrons. The monoisotopic (exact) mass is 388 g/mol. The van der Waals surface area contributed by atoms with Crippen LogP contribution in [-0.4, -0.2) is 47.0 Å². The summed E-state index contributed by atoms with van der Waals surface area (Å²) in [6.07, 6.45) is 1.31. The molecule has 0 aromatic heterocycles. The van der Waals surface area contributed by atoms with Gasteiger partial charge in [0.2, 0.25) is 5.91 Å². The standard InChI is InChI=1S/C22H26F2N2O2/c1-25(15-21(27)17-5-3-2-4-6-17)18-8-10-22(28)26(12-11-18)14-16-7-9-19(23)20(24)13-16/h2-7,9,13,18,21,27H,8,10-12,14-15H2,1H3. The summed E-state index contributed by atoms with van der Waals surface area (Å²) in [7, 11) is 1.96. The minimum Gasteiger partial charge on any atom is -0.387 e. The number of likely N-dealkylation sites (N-methyl/N-ethyl adjacent to an activating group) is 1. The number of carbonyl (C=O) groups is 1. The summed E-state index contributed by atoms with van der Waals surface area (Å²) in [5, 5.41) is 10.5. The van der Waals surface area contributed by atoms with Crippen molar-refractivity contribution in [1.29, 1.82) is 0 Å². The van der Waals surface area contributed by atoms with Crippen LogP contribution in [0.1, 0.15) is 36.5 Å². The van der Waals surface area contributed by atoms with Gasteiger partial charge in [-0.3, -0.25) is 4.79 Å². The van der Waals surface area contributed by atoms with E-state index in [0.29, 0.717) is 31.5 Å². The normalized spacial score (nSPS) is 19.0. The summed E-state index contributed by atoms with van der Waals surface area (Å²) in [4.78, 5) is 16.3. The van der Waals surface area contributed by atoms with E-state index in [4.69, 9.17) is 0 Å². The van der Waals surface area contributed by atoms with Gasteiger partial charge in [0, 0.05) is 32.1 Å². The Morgan fingerprint density at radius 1 is 1.14 bits per heavy atom. The lowest BCUT2D eigenvalue weighted by Crippen LogP contribution is -2.36. The fourth-order valence-electron chi connectivity index (χ4n) is 3.69. The van der Waals surface area contributed by atoms with Gasteiger partial charge < -0.3 is 14.9 Å². The van der Waals surface area contributed by atoms with Crippen molar-refractivity contribution in [1.82, 2.24) is 9.80 Å². The molecule has 1 fully saturated rings. The number of hydrogen-bond acceptors (Lipinski definition) is 3. The van der Waals surface area contributed by atoms with Crippen LogP contribution in [0.5, 0.6) is 0 Å². The SMILES string of the molecule is CN(CC(O)c1ccccc1)C1CCC(=O)N(Cc2ccc(F)c(F)c2)CC1. The van der Waals surface area contributed by atoms with Gasteiger partial charge >= 0.3 is 0 Å². The van der Waals surface area contributed by atoms with Crippen LogP contribution < -0.4 is 0 Å². The highest BCUT2D eigenvalue weighted by Gasteiger charge is 2.26. The highest BCUT2D eigenvalue weighted by molar-refractivity contribution is 5.76. The van der Waals surface area contributed by atoms with Crippen molar-refractivity contribution in [2.45, 2.75) is 38.0 Å². The highest BCUT2D eigenvalue weighted by atomic mass is 19.2. The van der Waals surface area contributed by atoms with E-state index in [2.05, 4.69) is 4.90 Å². The topological polar surface area (TPSA) is 43.8 Å². The molecule has 0 spiro atoms. The zero-order valence-corrected chi connectivity index (χ0v) is 16.0. The van der Waals surface area contributed by atoms with E-state index in [0.717, 1.165) is 24.1 Å². The van der Waals surface area contributed by atoms with Gasteiger partial charge in [-0.05, 0) is 43.1 Å². The molecule has 3 rings (SSSR count). The first-order valence-corrected chi connectivity index (χ1v) is 9.59. The third-order valence-electron chi connectivity index (χ3n) is 5.40. The molecule has 1 saturated heterocycles. The van der Waals surface area contributed by atoms with Crippen LogP contribution in [0.3, 0.4) is 0 Å². The molecule has 4 nitrogen and oxygen atoms in total. The molecule has 2 aromatic rings. The van der Waals surface area contributed by atoms with Crippen molar-refractivity contribution < 1.29 is 18.7 Å². The summed E-state index contributed by atoms with van der Waals surface area (Å²) in [6.45, 7) is 1.32. The molecule has 2 atom stereocenters. The lowest BCUT2D eigenvalue weighted by molar-refractivity contribution is -0.131. The van der Waals surface area contributed by atoms with E-state index >= 15 is 0 Å². The Bertz CT molecular complexity index is 800. The van der Waals surface area contributed by atoms with Gasteiger partial charge in [0.1, 0.15) is 0 Å². The van der Waals surface area contributed by atoms with Crippen LogP contribution in [0.25, 0.3) is 0 Å². The maximum atomic E-state index is 13.4. The van der Waals surface area contributed by atoms with Crippen molar-refractivity contribution >= 4 is 5.91 Å². The molecule has 0 bridgehead atoms. The first-order valence-electron chi connectivity index (χ1n) is 9.59. The van der Waals surface area contributed by atoms with Gasteiger partial charge in [0.25, 0.3) is 0 Å². The summed E-state index contributed by atoms with van der Waals surface area (Å²) in [5.41, 5.74) is 1.46. The minimum atomic E-state index is -0.896. The number of likely N-dealkylation sites (tertiary alicyclic amines) is 1. The van der Waals surface area contributed by atoms with Gasteiger partial charge in [0.15, 0.2) is 11.6 Å². The van der Waals surface area contributed by atoms with Crippen LogP contribution in [0.15, 0.2) is 48.5 Å². The van der Waals surface area contributed by atoms with Crippen LogP contribution in [-0.2, 0) is 11.3 Å². The fraction of sp³-hybridized carbons (Fsp3) is 0.409. The first-order chi connectivity index (χ1) is 13.4. The highest BCUT2D eigenvalue weighted by Crippen LogP contribution is 2.22. The third kappa shape index (κ3) is 5.14. The van der Waals surface area contributed by atoms with E-state index in [9.17, 15) is 18.7 Å². The molecule has 1 aliphatic rings. The molecule has 1 aliphatic heterocycles. The van der Waals surface area contributed by atoms with E-state index in [1.54, 1.807) is 4.90 Å². The second-order valence-corrected chi connectivity index (χ2v) is 7.41. The molecule has 6 heteroatoms.